The summed E-state index contributed by atoms with van der Waals surface area (Å²) in [6.07, 6.45) is 1.30. The van der Waals surface area contributed by atoms with E-state index in [1.54, 1.807) is 11.8 Å². The van der Waals surface area contributed by atoms with Gasteiger partial charge in [0.25, 0.3) is 0 Å². The number of rotatable bonds is 3. The van der Waals surface area contributed by atoms with Crippen LogP contribution in [-0.2, 0) is 11.3 Å². The Hall–Kier alpha value is -1.96. The van der Waals surface area contributed by atoms with Gasteiger partial charge < -0.3 is 20.3 Å². The first-order chi connectivity index (χ1) is 8.97. The molecule has 104 valence electrons. The zero-order valence-corrected chi connectivity index (χ0v) is 11.0. The highest BCUT2D eigenvalue weighted by Gasteiger charge is 2.23. The van der Waals surface area contributed by atoms with Crippen LogP contribution < -0.4 is 5.32 Å². The van der Waals surface area contributed by atoms with Gasteiger partial charge in [0.15, 0.2) is 0 Å². The summed E-state index contributed by atoms with van der Waals surface area (Å²) in [4.78, 5) is 27.8. The molecular weight excluding hydrogens is 250 g/mol. The lowest BCUT2D eigenvalue weighted by Gasteiger charge is -2.31. The van der Waals surface area contributed by atoms with Gasteiger partial charge in [-0.25, -0.2) is 0 Å². The summed E-state index contributed by atoms with van der Waals surface area (Å²) >= 11 is 0. The Bertz CT molecular complexity index is 499. The van der Waals surface area contributed by atoms with Crippen LogP contribution in [0.1, 0.15) is 12.7 Å². The van der Waals surface area contributed by atoms with E-state index in [0.717, 1.165) is 6.54 Å². The molecule has 0 bridgehead atoms. The maximum Gasteiger partial charge on any atom is 0.381 e. The molecule has 1 aromatic rings. The van der Waals surface area contributed by atoms with Gasteiger partial charge in [-0.05, 0) is 16.8 Å². The first-order valence-electron chi connectivity index (χ1n) is 6.16. The normalized spacial score (nSPS) is 19.5. The van der Waals surface area contributed by atoms with Crippen molar-refractivity contribution in [1.82, 2.24) is 19.8 Å². The molecule has 1 fully saturated rings. The molecule has 1 aromatic heterocycles. The number of amides is 1. The fraction of sp³-hybridized carbons (Fsp3) is 0.636. The van der Waals surface area contributed by atoms with E-state index in [1.165, 1.54) is 10.8 Å². The van der Waals surface area contributed by atoms with Crippen LogP contribution in [0.3, 0.4) is 0 Å². The Morgan fingerprint density at radius 2 is 2.42 bits per heavy atom. The first kappa shape index (κ1) is 13.5. The molecule has 1 atom stereocenters. The Morgan fingerprint density at radius 1 is 1.68 bits per heavy atom. The van der Waals surface area contributed by atoms with Crippen molar-refractivity contribution < 1.29 is 9.72 Å². The molecular formula is C11H17N5O3. The number of imidazole rings is 1. The minimum Gasteiger partial charge on any atom is -0.358 e. The number of nitrogens with zero attached hydrogens (tertiary/aromatic N) is 4. The van der Waals surface area contributed by atoms with E-state index in [9.17, 15) is 14.9 Å². The molecule has 0 radical (unpaired) electrons. The van der Waals surface area contributed by atoms with Crippen LogP contribution in [0.15, 0.2) is 6.20 Å². The van der Waals surface area contributed by atoms with E-state index in [-0.39, 0.29) is 24.3 Å². The predicted octanol–water partition coefficient (Wildman–Crippen LogP) is -0.0800. The van der Waals surface area contributed by atoms with Crippen LogP contribution in [0.4, 0.5) is 5.82 Å². The predicted molar refractivity (Wildman–Crippen MR) is 67.7 cm³/mol. The summed E-state index contributed by atoms with van der Waals surface area (Å²) in [6.45, 7) is 5.87. The molecule has 2 heterocycles. The zero-order chi connectivity index (χ0) is 14.0. The van der Waals surface area contributed by atoms with Gasteiger partial charge in [0.1, 0.15) is 12.7 Å². The molecule has 1 aliphatic heterocycles. The van der Waals surface area contributed by atoms with Gasteiger partial charge in [-0.15, -0.1) is 0 Å². The molecule has 0 aliphatic carbocycles. The largest absolute Gasteiger partial charge is 0.381 e. The first-order valence-corrected chi connectivity index (χ1v) is 6.16. The zero-order valence-electron chi connectivity index (χ0n) is 11.0. The van der Waals surface area contributed by atoms with Crippen LogP contribution in [0.2, 0.25) is 0 Å². The third-order valence-corrected chi connectivity index (χ3v) is 3.18. The maximum absolute atomic E-state index is 12.1. The molecule has 1 amide bonds. The van der Waals surface area contributed by atoms with Crippen molar-refractivity contribution in [3.05, 3.63) is 22.1 Å². The molecule has 1 aliphatic rings. The second-order valence-corrected chi connectivity index (χ2v) is 4.73. The van der Waals surface area contributed by atoms with Crippen molar-refractivity contribution in [2.24, 2.45) is 0 Å². The molecule has 0 spiro atoms. The lowest BCUT2D eigenvalue weighted by atomic mass is 10.2. The minimum atomic E-state index is -0.555. The van der Waals surface area contributed by atoms with E-state index in [1.807, 2.05) is 6.92 Å². The number of nitro groups is 1. The van der Waals surface area contributed by atoms with Crippen LogP contribution in [0.5, 0.6) is 0 Å². The van der Waals surface area contributed by atoms with E-state index in [2.05, 4.69) is 10.3 Å². The van der Waals surface area contributed by atoms with Crippen molar-refractivity contribution in [2.75, 3.05) is 19.6 Å². The number of carbonyl (C=O) groups excluding carboxylic acids is 1. The number of piperazine rings is 1. The molecule has 1 saturated heterocycles. The second-order valence-electron chi connectivity index (χ2n) is 4.73. The van der Waals surface area contributed by atoms with Crippen LogP contribution in [-0.4, -0.2) is 51.0 Å². The topological polar surface area (TPSA) is 93.3 Å². The van der Waals surface area contributed by atoms with E-state index in [4.69, 9.17) is 0 Å². The van der Waals surface area contributed by atoms with Crippen LogP contribution >= 0.6 is 0 Å². The van der Waals surface area contributed by atoms with Crippen molar-refractivity contribution in [3.63, 3.8) is 0 Å². The molecule has 0 saturated carbocycles. The lowest BCUT2D eigenvalue weighted by molar-refractivity contribution is -0.389. The number of hydrogen-bond donors (Lipinski definition) is 1. The summed E-state index contributed by atoms with van der Waals surface area (Å²) < 4.78 is 1.52. The summed E-state index contributed by atoms with van der Waals surface area (Å²) in [5, 5.41) is 13.9. The maximum atomic E-state index is 12.1. The monoisotopic (exact) mass is 267 g/mol. The van der Waals surface area contributed by atoms with Gasteiger partial charge in [-0.1, -0.05) is 0 Å². The van der Waals surface area contributed by atoms with E-state index in [0.29, 0.717) is 18.9 Å². The number of carbonyl (C=O) groups is 1. The summed E-state index contributed by atoms with van der Waals surface area (Å²) in [6, 6.07) is 0.274. The van der Waals surface area contributed by atoms with Gasteiger partial charge in [0.2, 0.25) is 11.7 Å². The quantitative estimate of drug-likeness (QED) is 0.610. The Morgan fingerprint density at radius 3 is 3.00 bits per heavy atom. The average molecular weight is 267 g/mol. The van der Waals surface area contributed by atoms with Gasteiger partial charge in [-0.2, -0.15) is 0 Å². The van der Waals surface area contributed by atoms with Gasteiger partial charge >= 0.3 is 5.82 Å². The summed E-state index contributed by atoms with van der Waals surface area (Å²) in [7, 11) is 0. The van der Waals surface area contributed by atoms with Crippen LogP contribution in [0, 0.1) is 17.0 Å². The lowest BCUT2D eigenvalue weighted by Crippen LogP contribution is -2.52. The molecule has 8 nitrogen and oxygen atoms in total. The SMILES string of the molecule is Cc1nc([N+](=O)[O-])cn1CC(=O)N1CCNC(C)C1. The molecule has 1 N–H and O–H groups in total. The smallest absolute Gasteiger partial charge is 0.358 e. The van der Waals surface area contributed by atoms with Crippen molar-refractivity contribution in [2.45, 2.75) is 26.4 Å². The molecule has 19 heavy (non-hydrogen) atoms. The third kappa shape index (κ3) is 3.08. The molecule has 8 heteroatoms. The highest BCUT2D eigenvalue weighted by molar-refractivity contribution is 5.76. The fourth-order valence-corrected chi connectivity index (χ4v) is 2.14. The molecule has 1 unspecified atom stereocenters. The standard InChI is InChI=1S/C11H17N5O3/c1-8-5-14(4-3-12-8)11(17)7-15-6-10(16(18)19)13-9(15)2/h6,8,12H,3-5,7H2,1-2H3. The number of aromatic nitrogens is 2. The summed E-state index contributed by atoms with van der Waals surface area (Å²) in [5.74, 6) is 0.214. The second kappa shape index (κ2) is 5.35. The number of nitrogens with one attached hydrogen (secondary N) is 1. The van der Waals surface area contributed by atoms with Gasteiger partial charge in [0, 0.05) is 32.6 Å². The average Bonchev–Trinajstić information content (AvgIpc) is 2.71. The fourth-order valence-electron chi connectivity index (χ4n) is 2.14. The Balaban J connectivity index is 2.04. The van der Waals surface area contributed by atoms with E-state index < -0.39 is 4.92 Å². The Kier molecular flexibility index (Phi) is 3.79. The summed E-state index contributed by atoms with van der Waals surface area (Å²) in [5.41, 5.74) is 0. The Labute approximate surface area is 110 Å². The number of hydrogen-bond acceptors (Lipinski definition) is 5. The highest BCUT2D eigenvalue weighted by atomic mass is 16.6. The molecule has 2 rings (SSSR count). The van der Waals surface area contributed by atoms with Crippen molar-refractivity contribution in [1.29, 1.82) is 0 Å². The van der Waals surface area contributed by atoms with E-state index >= 15 is 0 Å². The third-order valence-electron chi connectivity index (χ3n) is 3.18. The minimum absolute atomic E-state index is 0.0382. The van der Waals surface area contributed by atoms with Gasteiger partial charge in [-0.3, -0.25) is 9.36 Å². The van der Waals surface area contributed by atoms with Crippen molar-refractivity contribution in [3.8, 4) is 0 Å². The van der Waals surface area contributed by atoms with Crippen molar-refractivity contribution >= 4 is 11.7 Å². The highest BCUT2D eigenvalue weighted by Crippen LogP contribution is 2.11. The number of aryl methyl sites for hydroxylation is 1. The van der Waals surface area contributed by atoms with Crippen LogP contribution in [0.25, 0.3) is 0 Å². The van der Waals surface area contributed by atoms with Gasteiger partial charge in [0.05, 0.1) is 0 Å². The molecule has 0 aromatic carbocycles.